The van der Waals surface area contributed by atoms with Gasteiger partial charge in [-0.25, -0.2) is 8.42 Å². The summed E-state index contributed by atoms with van der Waals surface area (Å²) in [6.07, 6.45) is 30.5. The van der Waals surface area contributed by atoms with Crippen molar-refractivity contribution in [3.05, 3.63) is 24.3 Å². The standard InChI is InChI=1S/2C17H33NO4S.Ca/c2*1-2-3-4-5-6-7-8-9-10-11-14-17(19)18-15-12-13-16-23(20,21)22;/h2*11,14H,2-10,12-13,15-16H2,1H3,(H,18,19)(H,20,21,22);/q;;+2/p-2/b2*14-11+;. The van der Waals surface area contributed by atoms with Crippen molar-refractivity contribution in [1.82, 2.24) is 5.32 Å². The number of aliphatic imine (C=N–C) groups is 1. The van der Waals surface area contributed by atoms with Crippen LogP contribution in [0.4, 0.5) is 0 Å². The summed E-state index contributed by atoms with van der Waals surface area (Å²) in [5.74, 6) is -1.06. The van der Waals surface area contributed by atoms with Crippen LogP contribution in [0.1, 0.15) is 155 Å². The Balaban J connectivity index is -0.000000807. The van der Waals surface area contributed by atoms with Gasteiger partial charge in [-0.3, -0.25) is 9.35 Å². The molecule has 10 nitrogen and oxygen atoms in total. The van der Waals surface area contributed by atoms with Crippen molar-refractivity contribution in [2.45, 2.75) is 155 Å². The van der Waals surface area contributed by atoms with Crippen LogP contribution in [0.2, 0.25) is 0 Å². The van der Waals surface area contributed by atoms with Gasteiger partial charge in [0.05, 0.1) is 15.9 Å². The molecular weight excluding hydrogens is 669 g/mol. The second-order valence-corrected chi connectivity index (χ2v) is 14.9. The van der Waals surface area contributed by atoms with E-state index in [2.05, 4.69) is 24.2 Å². The molecule has 0 saturated heterocycles. The van der Waals surface area contributed by atoms with Gasteiger partial charge in [0.25, 0.3) is 10.1 Å². The molecule has 0 atom stereocenters. The zero-order valence-corrected chi connectivity index (χ0v) is 33.3. The van der Waals surface area contributed by atoms with Crippen LogP contribution < -0.4 is 10.4 Å². The normalized spacial score (nSPS) is 12.2. The van der Waals surface area contributed by atoms with Gasteiger partial charge in [-0.2, -0.15) is 8.42 Å². The molecule has 0 aromatic carbocycles. The van der Waals surface area contributed by atoms with Gasteiger partial charge < -0.3 is 20.0 Å². The molecule has 2 N–H and O–H groups in total. The monoisotopic (exact) mass is 732 g/mol. The van der Waals surface area contributed by atoms with Crippen LogP contribution in [0.5, 0.6) is 0 Å². The minimum Gasteiger partial charge on any atom is -0.859 e. The van der Waals surface area contributed by atoms with Crippen LogP contribution in [-0.4, -0.2) is 100 Å². The average molecular weight is 733 g/mol. The third kappa shape index (κ3) is 50.0. The number of nitrogens with one attached hydrogen (secondary N) is 1. The number of allylic oxidation sites excluding steroid dienone is 2. The average Bonchev–Trinajstić information content (AvgIpc) is 2.98. The molecule has 47 heavy (non-hydrogen) atoms. The summed E-state index contributed by atoms with van der Waals surface area (Å²) >= 11 is 0. The molecule has 0 saturated carbocycles. The topological polar surface area (TPSA) is 176 Å². The van der Waals surface area contributed by atoms with Gasteiger partial charge in [-0.15, -0.1) is 0 Å². The summed E-state index contributed by atoms with van der Waals surface area (Å²) < 4.78 is 60.7. The number of nitrogens with zero attached hydrogens (tertiary/aromatic N) is 1. The van der Waals surface area contributed by atoms with Gasteiger partial charge in [0, 0.05) is 18.8 Å². The molecule has 0 bridgehead atoms. The molecule has 0 aliphatic rings. The summed E-state index contributed by atoms with van der Waals surface area (Å²) in [7, 11) is -8.03. The molecule has 0 heterocycles. The summed E-state index contributed by atoms with van der Waals surface area (Å²) in [6, 6.07) is 0. The van der Waals surface area contributed by atoms with Gasteiger partial charge in [0.1, 0.15) is 0 Å². The molecule has 0 aromatic rings. The fourth-order valence-electron chi connectivity index (χ4n) is 4.48. The quantitative estimate of drug-likeness (QED) is 0.0206. The van der Waals surface area contributed by atoms with Gasteiger partial charge >= 0.3 is 37.7 Å². The number of amides is 1. The minimum absolute atomic E-state index is 0. The van der Waals surface area contributed by atoms with E-state index >= 15 is 0 Å². The molecule has 1 amide bonds. The molecule has 0 unspecified atom stereocenters. The van der Waals surface area contributed by atoms with E-state index in [9.17, 15) is 31.3 Å². The summed E-state index contributed by atoms with van der Waals surface area (Å²) in [5, 5.41) is 14.1. The van der Waals surface area contributed by atoms with Crippen LogP contribution >= 0.6 is 0 Å². The minimum atomic E-state index is -4.15. The van der Waals surface area contributed by atoms with Crippen molar-refractivity contribution in [1.29, 1.82) is 0 Å². The molecule has 0 spiro atoms. The van der Waals surface area contributed by atoms with E-state index in [-0.39, 0.29) is 74.0 Å². The first-order chi connectivity index (χ1) is 21.9. The van der Waals surface area contributed by atoms with E-state index in [4.69, 9.17) is 4.55 Å². The van der Waals surface area contributed by atoms with E-state index < -0.39 is 20.2 Å². The van der Waals surface area contributed by atoms with E-state index in [0.717, 1.165) is 25.7 Å². The molecular formula is C34H64CaN2O8S2. The van der Waals surface area contributed by atoms with Crippen molar-refractivity contribution >= 4 is 69.8 Å². The number of carbonyl (C=O) groups excluding carboxylic acids is 1. The largest absolute Gasteiger partial charge is 2.00 e. The number of unbranched alkanes of at least 4 members (excludes halogenated alkanes) is 18. The Labute approximate surface area is 317 Å². The zero-order valence-electron chi connectivity index (χ0n) is 29.5. The van der Waals surface area contributed by atoms with Crippen LogP contribution in [0, 0.1) is 0 Å². The van der Waals surface area contributed by atoms with Crippen molar-refractivity contribution < 1.29 is 35.8 Å². The summed E-state index contributed by atoms with van der Waals surface area (Å²) in [5.41, 5.74) is 0. The number of carbonyl (C=O) groups is 1. The van der Waals surface area contributed by atoms with Gasteiger partial charge in [-0.1, -0.05) is 122 Å². The SMILES string of the molecule is CCCCCCCCCC/C=C/C(=O)NCCCCS(=O)(=O)O.CCCCCCCCCC/C=C/C([O-])=NCCCCS(=O)(=O)[O-].[Ca+2]. The summed E-state index contributed by atoms with van der Waals surface area (Å²) in [6.45, 7) is 5.14. The smallest absolute Gasteiger partial charge is 0.859 e. The van der Waals surface area contributed by atoms with Crippen molar-refractivity contribution in [3.63, 3.8) is 0 Å². The predicted octanol–water partition coefficient (Wildman–Crippen LogP) is 6.63. The molecule has 0 aliphatic heterocycles. The molecule has 13 heteroatoms. The Bertz CT molecular complexity index is 1020. The molecule has 272 valence electrons. The van der Waals surface area contributed by atoms with Crippen LogP contribution in [0.25, 0.3) is 0 Å². The molecule has 0 aliphatic carbocycles. The fourth-order valence-corrected chi connectivity index (χ4v) is 5.61. The Hall–Kier alpha value is -0.500. The van der Waals surface area contributed by atoms with Crippen LogP contribution in [0.3, 0.4) is 0 Å². The van der Waals surface area contributed by atoms with E-state index in [0.29, 0.717) is 25.8 Å². The number of hydrogen-bond donors (Lipinski definition) is 2. The fraction of sp³-hybridized carbons (Fsp3) is 0.824. The predicted molar refractivity (Wildman–Crippen MR) is 193 cm³/mol. The van der Waals surface area contributed by atoms with E-state index in [1.54, 1.807) is 6.08 Å². The van der Waals surface area contributed by atoms with Crippen molar-refractivity contribution in [2.75, 3.05) is 24.6 Å². The van der Waals surface area contributed by atoms with E-state index in [1.165, 1.54) is 96.0 Å². The summed E-state index contributed by atoms with van der Waals surface area (Å²) in [4.78, 5) is 15.3. The van der Waals surface area contributed by atoms with Gasteiger partial charge in [-0.05, 0) is 63.3 Å². The first-order valence-corrected chi connectivity index (χ1v) is 20.8. The molecule has 0 aromatic heterocycles. The molecule has 0 radical (unpaired) electrons. The maximum absolute atomic E-state index is 11.5. The maximum atomic E-state index is 11.5. The Morgan fingerprint density at radius 1 is 0.660 bits per heavy atom. The molecule has 0 rings (SSSR count). The second kappa shape index (κ2) is 36.8. The maximum Gasteiger partial charge on any atom is 2.00 e. The van der Waals surface area contributed by atoms with Gasteiger partial charge in [0.15, 0.2) is 0 Å². The van der Waals surface area contributed by atoms with Crippen LogP contribution in [-0.2, 0) is 25.0 Å². The van der Waals surface area contributed by atoms with E-state index in [1.807, 2.05) is 12.2 Å². The Kier molecular flexibility index (Phi) is 39.8. The Morgan fingerprint density at radius 3 is 1.57 bits per heavy atom. The van der Waals surface area contributed by atoms with Crippen molar-refractivity contribution in [2.24, 2.45) is 4.99 Å². The van der Waals surface area contributed by atoms with Crippen LogP contribution in [0.15, 0.2) is 29.3 Å². The zero-order chi connectivity index (χ0) is 34.8. The first-order valence-electron chi connectivity index (χ1n) is 17.6. The van der Waals surface area contributed by atoms with Crippen molar-refractivity contribution in [3.8, 4) is 0 Å². The number of rotatable bonds is 30. The van der Waals surface area contributed by atoms with Gasteiger partial charge in [0.2, 0.25) is 5.91 Å². The first kappa shape index (κ1) is 50.9. The second-order valence-electron chi connectivity index (χ2n) is 11.8. The molecule has 0 fully saturated rings. The third-order valence-corrected chi connectivity index (χ3v) is 8.77. The Morgan fingerprint density at radius 2 is 1.11 bits per heavy atom. The third-order valence-electron chi connectivity index (χ3n) is 7.18. The number of hydrogen-bond acceptors (Lipinski definition) is 8.